The molecule has 1 atom stereocenters. The molecular formula is C14H21F2IN4O2. The molecule has 0 aromatic carbocycles. The summed E-state index contributed by atoms with van der Waals surface area (Å²) in [6.07, 6.45) is 0.540. The summed E-state index contributed by atoms with van der Waals surface area (Å²) in [7, 11) is 0. The number of morpholine rings is 1. The summed E-state index contributed by atoms with van der Waals surface area (Å²) >= 11 is 0. The summed E-state index contributed by atoms with van der Waals surface area (Å²) in [5, 5.41) is 0. The number of pyridine rings is 1. The van der Waals surface area contributed by atoms with Crippen molar-refractivity contribution in [1.82, 2.24) is 9.88 Å². The summed E-state index contributed by atoms with van der Waals surface area (Å²) in [5.74, 6) is 0.710. The fourth-order valence-corrected chi connectivity index (χ4v) is 2.11. The molecule has 1 saturated heterocycles. The van der Waals surface area contributed by atoms with Crippen molar-refractivity contribution >= 4 is 29.9 Å². The summed E-state index contributed by atoms with van der Waals surface area (Å²) in [5.41, 5.74) is 6.64. The molecule has 1 aromatic heterocycles. The highest BCUT2D eigenvalue weighted by Crippen LogP contribution is 2.18. The van der Waals surface area contributed by atoms with Crippen LogP contribution in [-0.4, -0.2) is 54.7 Å². The number of guanidine groups is 1. The Labute approximate surface area is 151 Å². The van der Waals surface area contributed by atoms with Crippen LogP contribution in [0.25, 0.3) is 0 Å². The average Bonchev–Trinajstić information content (AvgIpc) is 2.51. The molecule has 6 nitrogen and oxygen atoms in total. The van der Waals surface area contributed by atoms with Crippen LogP contribution < -0.4 is 10.5 Å². The lowest BCUT2D eigenvalue weighted by atomic mass is 10.2. The first-order chi connectivity index (χ1) is 10.6. The molecule has 1 aromatic rings. The third-order valence-corrected chi connectivity index (χ3v) is 3.21. The van der Waals surface area contributed by atoms with Gasteiger partial charge in [-0.3, -0.25) is 4.98 Å². The molecule has 0 saturated carbocycles. The van der Waals surface area contributed by atoms with Gasteiger partial charge < -0.3 is 20.1 Å². The summed E-state index contributed by atoms with van der Waals surface area (Å²) in [6.45, 7) is 3.52. The molecule has 0 bridgehead atoms. The van der Waals surface area contributed by atoms with Crippen LogP contribution in [0.15, 0.2) is 23.5 Å². The second-order valence-electron chi connectivity index (χ2n) is 4.99. The van der Waals surface area contributed by atoms with Gasteiger partial charge in [0.2, 0.25) is 0 Å². The molecule has 0 spiro atoms. The Hall–Kier alpha value is -1.23. The normalized spacial score (nSPS) is 18.7. The number of ether oxygens (including phenoxy) is 2. The summed E-state index contributed by atoms with van der Waals surface area (Å²) in [6, 6.07) is 1.68. The van der Waals surface area contributed by atoms with E-state index in [0.29, 0.717) is 37.0 Å². The first-order valence-corrected chi connectivity index (χ1v) is 7.06. The van der Waals surface area contributed by atoms with Crippen LogP contribution in [-0.2, 0) is 11.3 Å². The van der Waals surface area contributed by atoms with E-state index in [0.717, 1.165) is 0 Å². The molecule has 130 valence electrons. The van der Waals surface area contributed by atoms with E-state index >= 15 is 0 Å². The first-order valence-electron chi connectivity index (χ1n) is 7.06. The molecule has 0 radical (unpaired) electrons. The SMILES string of the molecule is CC1CN(C(N)=NCc2ccncc2OCC(F)F)CCO1.I. The molecule has 0 aliphatic carbocycles. The minimum Gasteiger partial charge on any atom is -0.486 e. The highest BCUT2D eigenvalue weighted by Gasteiger charge is 2.18. The number of aliphatic imine (C=N–C) groups is 1. The Kier molecular flexibility index (Phi) is 8.45. The lowest BCUT2D eigenvalue weighted by Gasteiger charge is -2.31. The number of nitrogens with zero attached hydrogens (tertiary/aromatic N) is 3. The Morgan fingerprint density at radius 1 is 1.61 bits per heavy atom. The van der Waals surface area contributed by atoms with Crippen LogP contribution in [0.1, 0.15) is 12.5 Å². The molecule has 9 heteroatoms. The standard InChI is InChI=1S/C14H20F2N4O2.HI/c1-10-8-20(4-5-21-10)14(17)19-6-11-2-3-18-7-12(11)22-9-13(15)16;/h2-3,7,10,13H,4-6,8-9H2,1H3,(H2,17,19);1H. The highest BCUT2D eigenvalue weighted by molar-refractivity contribution is 14.0. The molecule has 1 unspecified atom stereocenters. The molecular weight excluding hydrogens is 421 g/mol. The van der Waals surface area contributed by atoms with Crippen LogP contribution in [0.3, 0.4) is 0 Å². The quantitative estimate of drug-likeness (QED) is 0.429. The van der Waals surface area contributed by atoms with Gasteiger partial charge in [0, 0.05) is 24.8 Å². The van der Waals surface area contributed by atoms with Crippen LogP contribution in [0.5, 0.6) is 5.75 Å². The van der Waals surface area contributed by atoms with Crippen molar-refractivity contribution < 1.29 is 18.3 Å². The van der Waals surface area contributed by atoms with Crippen molar-refractivity contribution in [3.05, 3.63) is 24.0 Å². The molecule has 1 fully saturated rings. The first kappa shape index (κ1) is 19.8. The van der Waals surface area contributed by atoms with Gasteiger partial charge in [-0.1, -0.05) is 0 Å². The van der Waals surface area contributed by atoms with Crippen molar-refractivity contribution in [2.45, 2.75) is 26.0 Å². The number of hydrogen-bond donors (Lipinski definition) is 1. The predicted molar refractivity (Wildman–Crippen MR) is 93.5 cm³/mol. The maximum Gasteiger partial charge on any atom is 0.272 e. The number of aromatic nitrogens is 1. The van der Waals surface area contributed by atoms with Gasteiger partial charge in [0.25, 0.3) is 6.43 Å². The van der Waals surface area contributed by atoms with Crippen molar-refractivity contribution in [3.63, 3.8) is 0 Å². The van der Waals surface area contributed by atoms with Crippen molar-refractivity contribution in [2.75, 3.05) is 26.3 Å². The fraction of sp³-hybridized carbons (Fsp3) is 0.571. The Morgan fingerprint density at radius 2 is 2.39 bits per heavy atom. The zero-order valence-electron chi connectivity index (χ0n) is 12.8. The van der Waals surface area contributed by atoms with Crippen LogP contribution in [0, 0.1) is 0 Å². The number of rotatable bonds is 5. The predicted octanol–water partition coefficient (Wildman–Crippen LogP) is 1.88. The maximum absolute atomic E-state index is 12.2. The van der Waals surface area contributed by atoms with E-state index in [9.17, 15) is 8.78 Å². The topological polar surface area (TPSA) is 73.0 Å². The monoisotopic (exact) mass is 442 g/mol. The third kappa shape index (κ3) is 6.42. The van der Waals surface area contributed by atoms with Gasteiger partial charge in [0.15, 0.2) is 5.96 Å². The van der Waals surface area contributed by atoms with E-state index in [1.54, 1.807) is 12.3 Å². The van der Waals surface area contributed by atoms with E-state index in [1.165, 1.54) is 6.20 Å². The Bertz CT molecular complexity index is 519. The maximum atomic E-state index is 12.2. The van der Waals surface area contributed by atoms with E-state index < -0.39 is 13.0 Å². The zero-order valence-corrected chi connectivity index (χ0v) is 15.2. The molecule has 1 aliphatic heterocycles. The second kappa shape index (κ2) is 9.81. The Balaban J connectivity index is 0.00000264. The minimum atomic E-state index is -2.53. The number of nitrogens with two attached hydrogens (primary N) is 1. The van der Waals surface area contributed by atoms with Crippen molar-refractivity contribution in [2.24, 2.45) is 10.7 Å². The number of alkyl halides is 2. The van der Waals surface area contributed by atoms with Gasteiger partial charge in [-0.05, 0) is 13.0 Å². The van der Waals surface area contributed by atoms with Gasteiger partial charge in [-0.25, -0.2) is 13.8 Å². The second-order valence-corrected chi connectivity index (χ2v) is 4.99. The van der Waals surface area contributed by atoms with Crippen LogP contribution >= 0.6 is 24.0 Å². The smallest absolute Gasteiger partial charge is 0.272 e. The molecule has 0 amide bonds. The largest absolute Gasteiger partial charge is 0.486 e. The van der Waals surface area contributed by atoms with Gasteiger partial charge in [0.1, 0.15) is 12.4 Å². The molecule has 2 heterocycles. The molecule has 2 rings (SSSR count). The molecule has 1 aliphatic rings. The highest BCUT2D eigenvalue weighted by atomic mass is 127. The molecule has 2 N–H and O–H groups in total. The van der Waals surface area contributed by atoms with E-state index in [1.807, 2.05) is 11.8 Å². The average molecular weight is 442 g/mol. The lowest BCUT2D eigenvalue weighted by molar-refractivity contribution is 0.00528. The van der Waals surface area contributed by atoms with Gasteiger partial charge in [-0.15, -0.1) is 24.0 Å². The van der Waals surface area contributed by atoms with E-state index in [4.69, 9.17) is 15.2 Å². The summed E-state index contributed by atoms with van der Waals surface area (Å²) in [4.78, 5) is 10.1. The fourth-order valence-electron chi connectivity index (χ4n) is 2.11. The van der Waals surface area contributed by atoms with Crippen molar-refractivity contribution in [3.8, 4) is 5.75 Å². The third-order valence-electron chi connectivity index (χ3n) is 3.21. The minimum absolute atomic E-state index is 0. The van der Waals surface area contributed by atoms with Crippen LogP contribution in [0.4, 0.5) is 8.78 Å². The molecule has 23 heavy (non-hydrogen) atoms. The number of halogens is 3. The number of hydrogen-bond acceptors (Lipinski definition) is 4. The van der Waals surface area contributed by atoms with E-state index in [2.05, 4.69) is 9.98 Å². The lowest BCUT2D eigenvalue weighted by Crippen LogP contribution is -2.47. The Morgan fingerprint density at radius 3 is 3.09 bits per heavy atom. The van der Waals surface area contributed by atoms with Gasteiger partial charge in [0.05, 0.1) is 25.5 Å². The zero-order chi connectivity index (χ0) is 15.9. The van der Waals surface area contributed by atoms with Crippen molar-refractivity contribution in [1.29, 1.82) is 0 Å². The van der Waals surface area contributed by atoms with Gasteiger partial charge in [-0.2, -0.15) is 0 Å². The van der Waals surface area contributed by atoms with Crippen LogP contribution in [0.2, 0.25) is 0 Å². The van der Waals surface area contributed by atoms with Gasteiger partial charge >= 0.3 is 0 Å². The summed E-state index contributed by atoms with van der Waals surface area (Å²) < 4.78 is 34.9. The van der Waals surface area contributed by atoms with E-state index in [-0.39, 0.29) is 36.6 Å².